The first-order valence-corrected chi connectivity index (χ1v) is 30.7. The van der Waals surface area contributed by atoms with E-state index in [1.807, 2.05) is 31.2 Å². The molecule has 0 bridgehead atoms. The lowest BCUT2D eigenvalue weighted by molar-refractivity contribution is -0.147. The second-order valence-corrected chi connectivity index (χ2v) is 23.3. The lowest BCUT2D eigenvalue weighted by atomic mass is 9.92. The van der Waals surface area contributed by atoms with Crippen LogP contribution in [-0.2, 0) is 54.3 Å². The first-order chi connectivity index (χ1) is 43.5. The number of halogens is 2. The summed E-state index contributed by atoms with van der Waals surface area (Å²) in [4.78, 5) is 143. The molecule has 2 aromatic carbocycles. The second kappa shape index (κ2) is 35.8. The number of fused-ring (bicyclic) bond motifs is 1. The Bertz CT molecular complexity index is 3020. The molecule has 0 saturated carbocycles. The van der Waals surface area contributed by atoms with Crippen molar-refractivity contribution in [3.63, 3.8) is 0 Å². The van der Waals surface area contributed by atoms with Crippen molar-refractivity contribution in [3.05, 3.63) is 71.4 Å². The van der Waals surface area contributed by atoms with Gasteiger partial charge in [-0.3, -0.25) is 72.5 Å². The molecule has 3 aromatic rings. The number of carboxylic acid groups (broad SMARTS) is 3. The van der Waals surface area contributed by atoms with Crippen molar-refractivity contribution in [1.29, 1.82) is 5.26 Å². The molecule has 0 radical (unpaired) electrons. The van der Waals surface area contributed by atoms with Crippen molar-refractivity contribution in [2.24, 2.45) is 5.92 Å². The Labute approximate surface area is 526 Å². The number of nitriles is 1. The van der Waals surface area contributed by atoms with E-state index in [1.54, 1.807) is 48.8 Å². The number of aryl methyl sites for hydroxylation is 2. The summed E-state index contributed by atoms with van der Waals surface area (Å²) in [5.41, 5.74) is 2.84. The van der Waals surface area contributed by atoms with E-state index in [4.69, 9.17) is 9.47 Å². The molecule has 3 aliphatic rings. The maximum absolute atomic E-state index is 14.5. The van der Waals surface area contributed by atoms with E-state index < -0.39 is 103 Å². The Balaban J connectivity index is 1.06. The van der Waals surface area contributed by atoms with E-state index in [0.717, 1.165) is 29.6 Å². The Morgan fingerprint density at radius 2 is 1.34 bits per heavy atom. The standard InChI is InChI=1S/C62H84F2N12O15/c1-42-10-12-43(13-11-42)6-3-9-52(77)67-19-4-8-50(69-53(78)37-71-23-25-72(38-55(80)81)27-29-74(40-57(84)85)30-28-73(26-24-71)39-56(82)83)60(88)70-51(33-58(86)90-2)61(89)75-21-17-44(18-22-75)7-5-31-91-46-14-15-49-48(32-46)47(16-20-66-49)59(87)68-36-54(79)76-41-62(63,64)34-45(76)35-65/h10-16,20,32,44-45,50-51H,3-9,17-19,21-31,33-34,36-41H2,1-2H3,(H,67,77)(H,68,87)(H,69,78)(H,70,88)(H,80,81)(H,82,83)(H,84,85)/t45-,50+,51+/m1/s1. The Kier molecular flexibility index (Phi) is 28.2. The minimum absolute atomic E-state index is 0.0133. The number of hydrogen-bond donors (Lipinski definition) is 7. The number of pyridine rings is 1. The summed E-state index contributed by atoms with van der Waals surface area (Å²) >= 11 is 0. The lowest BCUT2D eigenvalue weighted by Gasteiger charge is -2.34. The van der Waals surface area contributed by atoms with E-state index in [-0.39, 0.29) is 122 Å². The highest BCUT2D eigenvalue weighted by atomic mass is 19.3. The number of alkyl halides is 2. The number of aliphatic carboxylic acids is 3. The molecule has 496 valence electrons. The number of nitrogens with zero attached hydrogens (tertiary/aromatic N) is 8. The smallest absolute Gasteiger partial charge is 0.317 e. The number of esters is 1. The number of hydrogen-bond acceptors (Lipinski definition) is 18. The molecule has 4 heterocycles. The summed E-state index contributed by atoms with van der Waals surface area (Å²) in [5, 5.41) is 49.5. The molecule has 91 heavy (non-hydrogen) atoms. The van der Waals surface area contributed by atoms with Crippen LogP contribution in [0.4, 0.5) is 8.78 Å². The fourth-order valence-electron chi connectivity index (χ4n) is 11.2. The van der Waals surface area contributed by atoms with Gasteiger partial charge >= 0.3 is 23.9 Å². The van der Waals surface area contributed by atoms with Crippen molar-refractivity contribution in [2.45, 2.75) is 102 Å². The average molecular weight is 1280 g/mol. The number of carbonyl (C=O) groups excluding carboxylic acids is 7. The molecule has 3 saturated heterocycles. The normalized spacial score (nSPS) is 17.9. The number of ether oxygens (including phenoxy) is 2. The zero-order valence-corrected chi connectivity index (χ0v) is 51.6. The van der Waals surface area contributed by atoms with Crippen LogP contribution in [0.1, 0.15) is 85.7 Å². The fourth-order valence-corrected chi connectivity index (χ4v) is 11.2. The number of amides is 6. The molecule has 6 amide bonds. The van der Waals surface area contributed by atoms with E-state index >= 15 is 0 Å². The van der Waals surface area contributed by atoms with Crippen LogP contribution in [-0.4, -0.2) is 258 Å². The first-order valence-electron chi connectivity index (χ1n) is 30.7. The number of carbonyl (C=O) groups is 10. The highest BCUT2D eigenvalue weighted by Crippen LogP contribution is 2.32. The second-order valence-electron chi connectivity index (χ2n) is 23.3. The monoisotopic (exact) mass is 1270 g/mol. The van der Waals surface area contributed by atoms with Gasteiger partial charge in [0.05, 0.1) is 76.6 Å². The minimum atomic E-state index is -3.21. The highest BCUT2D eigenvalue weighted by Gasteiger charge is 2.47. The van der Waals surface area contributed by atoms with Crippen molar-refractivity contribution in [1.82, 2.24) is 55.7 Å². The predicted octanol–water partition coefficient (Wildman–Crippen LogP) is 1.36. The fraction of sp³-hybridized carbons (Fsp3) is 0.581. The molecule has 0 aliphatic carbocycles. The van der Waals surface area contributed by atoms with Crippen LogP contribution in [0.2, 0.25) is 0 Å². The zero-order chi connectivity index (χ0) is 66.0. The molecule has 29 heteroatoms. The maximum atomic E-state index is 14.5. The number of benzene rings is 2. The van der Waals surface area contributed by atoms with Crippen LogP contribution in [0, 0.1) is 24.2 Å². The summed E-state index contributed by atoms with van der Waals surface area (Å²) in [5.74, 6) is -10.4. The van der Waals surface area contributed by atoms with E-state index in [0.29, 0.717) is 68.5 Å². The van der Waals surface area contributed by atoms with Crippen molar-refractivity contribution >= 4 is 70.2 Å². The van der Waals surface area contributed by atoms with Crippen molar-refractivity contribution < 1.29 is 81.5 Å². The Hall–Kier alpha value is -8.46. The van der Waals surface area contributed by atoms with Gasteiger partial charge in [0.2, 0.25) is 29.5 Å². The van der Waals surface area contributed by atoms with Gasteiger partial charge in [0, 0.05) is 96.4 Å². The number of aromatic nitrogens is 1. The number of rotatable bonds is 30. The van der Waals surface area contributed by atoms with Gasteiger partial charge in [0.15, 0.2) is 0 Å². The molecular formula is C62H84F2N12O15. The third-order valence-corrected chi connectivity index (χ3v) is 16.3. The van der Waals surface area contributed by atoms with Gasteiger partial charge in [0.1, 0.15) is 23.9 Å². The predicted molar refractivity (Wildman–Crippen MR) is 324 cm³/mol. The number of nitrogens with one attached hydrogen (secondary N) is 4. The molecule has 6 rings (SSSR count). The van der Waals surface area contributed by atoms with Gasteiger partial charge in [-0.05, 0) is 94.0 Å². The van der Waals surface area contributed by atoms with E-state index in [1.165, 1.54) is 12.3 Å². The quantitative estimate of drug-likeness (QED) is 0.0366. The van der Waals surface area contributed by atoms with Crippen LogP contribution >= 0.6 is 0 Å². The third-order valence-electron chi connectivity index (χ3n) is 16.3. The lowest BCUT2D eigenvalue weighted by Crippen LogP contribution is -2.57. The number of carboxylic acids is 3. The van der Waals surface area contributed by atoms with Gasteiger partial charge in [-0.2, -0.15) is 5.26 Å². The molecule has 0 spiro atoms. The Morgan fingerprint density at radius 3 is 1.92 bits per heavy atom. The average Bonchev–Trinajstić information content (AvgIpc) is 1.55. The first kappa shape index (κ1) is 71.6. The van der Waals surface area contributed by atoms with Crippen LogP contribution in [0.15, 0.2) is 54.7 Å². The van der Waals surface area contributed by atoms with Gasteiger partial charge < -0.3 is 55.9 Å². The summed E-state index contributed by atoms with van der Waals surface area (Å²) in [6.45, 7) is 1.25. The third kappa shape index (κ3) is 24.4. The van der Waals surface area contributed by atoms with E-state index in [9.17, 15) is 77.3 Å². The van der Waals surface area contributed by atoms with E-state index in [2.05, 4.69) is 26.3 Å². The SMILES string of the molecule is COC(=O)C[C@H](NC(=O)[C@H](CCCNC(=O)CCCc1ccc(C)cc1)NC(=O)CN1CCN(CC(=O)O)CCN(CC(=O)O)CCN(CC(=O)O)CC1)C(=O)N1CCC(CCCOc2ccc3nccc(C(=O)NCC(=O)N4CC(F)(F)C[C@@H]4C#N)c3c2)CC1. The minimum Gasteiger partial charge on any atom is -0.494 e. The molecule has 3 fully saturated rings. The van der Waals surface area contributed by atoms with Crippen molar-refractivity contribution in [3.8, 4) is 11.8 Å². The summed E-state index contributed by atoms with van der Waals surface area (Å²) in [6, 6.07) is 12.2. The molecule has 3 aliphatic heterocycles. The van der Waals surface area contributed by atoms with Crippen molar-refractivity contribution in [2.75, 3.05) is 125 Å². The Morgan fingerprint density at radius 1 is 0.736 bits per heavy atom. The molecule has 1 aromatic heterocycles. The van der Waals surface area contributed by atoms with Gasteiger partial charge in [0.25, 0.3) is 11.8 Å². The zero-order valence-electron chi connectivity index (χ0n) is 51.6. The van der Waals surface area contributed by atoms with Crippen LogP contribution in [0.5, 0.6) is 5.75 Å². The van der Waals surface area contributed by atoms with Gasteiger partial charge in [-0.15, -0.1) is 0 Å². The number of piperidine rings is 1. The van der Waals surface area contributed by atoms with Gasteiger partial charge in [-0.25, -0.2) is 8.78 Å². The maximum Gasteiger partial charge on any atom is 0.317 e. The summed E-state index contributed by atoms with van der Waals surface area (Å²) in [6.07, 6.45) is 4.35. The van der Waals surface area contributed by atoms with Crippen LogP contribution < -0.4 is 26.0 Å². The summed E-state index contributed by atoms with van der Waals surface area (Å²) < 4.78 is 38.9. The van der Waals surface area contributed by atoms with Crippen LogP contribution in [0.25, 0.3) is 10.9 Å². The summed E-state index contributed by atoms with van der Waals surface area (Å²) in [7, 11) is 1.15. The van der Waals surface area contributed by atoms with Crippen LogP contribution in [0.3, 0.4) is 0 Å². The number of methoxy groups -OCH3 is 1. The van der Waals surface area contributed by atoms with Gasteiger partial charge in [-0.1, -0.05) is 29.8 Å². The topological polar surface area (TPSA) is 354 Å². The highest BCUT2D eigenvalue weighted by molar-refractivity contribution is 6.07. The molecule has 0 unspecified atom stereocenters. The number of likely N-dealkylation sites (tertiary alicyclic amines) is 2. The molecular weight excluding hydrogens is 1190 g/mol. The molecule has 27 nitrogen and oxygen atoms in total. The molecule has 7 N–H and O–H groups in total. The largest absolute Gasteiger partial charge is 0.494 e. The molecule has 3 atom stereocenters.